The van der Waals surface area contributed by atoms with Gasteiger partial charge in [-0.2, -0.15) is 0 Å². The van der Waals surface area contributed by atoms with Crippen molar-refractivity contribution in [2.24, 2.45) is 0 Å². The average molecular weight is 332 g/mol. The number of ether oxygens (including phenoxy) is 1. The van der Waals surface area contributed by atoms with Crippen LogP contribution in [0.25, 0.3) is 0 Å². The van der Waals surface area contributed by atoms with Crippen molar-refractivity contribution in [1.82, 2.24) is 19.9 Å². The summed E-state index contributed by atoms with van der Waals surface area (Å²) in [6.07, 6.45) is 2.92. The van der Waals surface area contributed by atoms with Gasteiger partial charge >= 0.3 is 5.97 Å². The van der Waals surface area contributed by atoms with Crippen LogP contribution in [0.3, 0.4) is 0 Å². The van der Waals surface area contributed by atoms with Crippen molar-refractivity contribution in [3.63, 3.8) is 0 Å². The number of carboxylic acids is 1. The maximum absolute atomic E-state index is 12.1. The first-order chi connectivity index (χ1) is 11.5. The lowest BCUT2D eigenvalue weighted by atomic mass is 10.1. The van der Waals surface area contributed by atoms with Crippen LogP contribution in [-0.2, 0) is 17.8 Å². The average Bonchev–Trinajstić information content (AvgIpc) is 3.04. The first-order valence-electron chi connectivity index (χ1n) is 7.50. The van der Waals surface area contributed by atoms with Gasteiger partial charge < -0.3 is 14.7 Å². The second-order valence-electron chi connectivity index (χ2n) is 5.37. The topological polar surface area (TPSA) is 97.5 Å². The summed E-state index contributed by atoms with van der Waals surface area (Å²) >= 11 is 0. The minimum atomic E-state index is -1.17. The lowest BCUT2D eigenvalue weighted by molar-refractivity contribution is -0.130. The number of methoxy groups -OCH3 is 1. The molecule has 0 radical (unpaired) electrons. The van der Waals surface area contributed by atoms with Crippen molar-refractivity contribution >= 4 is 11.9 Å². The highest BCUT2D eigenvalue weighted by atomic mass is 16.5. The zero-order valence-corrected chi connectivity index (χ0v) is 13.7. The Hall–Kier alpha value is -2.90. The molecular formula is C16H20N4O4. The molecule has 0 aliphatic rings. The molecule has 1 N–H and O–H groups in total. The summed E-state index contributed by atoms with van der Waals surface area (Å²) in [6, 6.07) is 7.83. The zero-order chi connectivity index (χ0) is 17.5. The first kappa shape index (κ1) is 17.5. The third-order valence-corrected chi connectivity index (χ3v) is 3.60. The molecule has 0 aliphatic carbocycles. The molecule has 0 saturated carbocycles. The van der Waals surface area contributed by atoms with E-state index >= 15 is 0 Å². The maximum Gasteiger partial charge on any atom is 0.358 e. The number of hydrogen-bond donors (Lipinski definition) is 1. The standard InChI is InChI=1S/C16H20N4O4/c1-19(9-3-4-12-5-7-13(24-2)8-6-12)15(21)11-20-10-14(16(22)23)17-18-20/h5-8,10H,3-4,9,11H2,1-2H3,(H,22,23). The predicted molar refractivity (Wildman–Crippen MR) is 85.9 cm³/mol. The zero-order valence-electron chi connectivity index (χ0n) is 13.7. The Kier molecular flexibility index (Phi) is 5.89. The van der Waals surface area contributed by atoms with E-state index in [1.54, 1.807) is 19.1 Å². The normalized spacial score (nSPS) is 10.4. The molecule has 2 aromatic rings. The quantitative estimate of drug-likeness (QED) is 0.777. The van der Waals surface area contributed by atoms with Gasteiger partial charge in [0, 0.05) is 13.6 Å². The molecule has 1 amide bonds. The molecule has 0 unspecified atom stereocenters. The van der Waals surface area contributed by atoms with E-state index in [-0.39, 0.29) is 18.1 Å². The van der Waals surface area contributed by atoms with E-state index in [1.807, 2.05) is 24.3 Å². The van der Waals surface area contributed by atoms with Crippen molar-refractivity contribution in [2.75, 3.05) is 20.7 Å². The van der Waals surface area contributed by atoms with Crippen molar-refractivity contribution in [3.8, 4) is 5.75 Å². The second kappa shape index (κ2) is 8.09. The van der Waals surface area contributed by atoms with Gasteiger partial charge in [0.25, 0.3) is 0 Å². The minimum Gasteiger partial charge on any atom is -0.497 e. The number of aromatic nitrogens is 3. The molecule has 0 fully saturated rings. The van der Waals surface area contributed by atoms with E-state index in [0.717, 1.165) is 18.6 Å². The summed E-state index contributed by atoms with van der Waals surface area (Å²) in [7, 11) is 3.34. The number of rotatable bonds is 8. The van der Waals surface area contributed by atoms with Gasteiger partial charge in [-0.15, -0.1) is 5.10 Å². The molecule has 1 aromatic carbocycles. The summed E-state index contributed by atoms with van der Waals surface area (Å²) in [6.45, 7) is 0.574. The van der Waals surface area contributed by atoms with Crippen LogP contribution in [0.15, 0.2) is 30.5 Å². The fraction of sp³-hybridized carbons (Fsp3) is 0.375. The van der Waals surface area contributed by atoms with Gasteiger partial charge in [-0.05, 0) is 30.5 Å². The van der Waals surface area contributed by atoms with Crippen LogP contribution in [0.2, 0.25) is 0 Å². The number of aromatic carboxylic acids is 1. The number of benzene rings is 1. The maximum atomic E-state index is 12.1. The fourth-order valence-electron chi connectivity index (χ4n) is 2.17. The third-order valence-electron chi connectivity index (χ3n) is 3.60. The van der Waals surface area contributed by atoms with Gasteiger partial charge in [-0.1, -0.05) is 17.3 Å². The molecule has 8 nitrogen and oxygen atoms in total. The largest absolute Gasteiger partial charge is 0.497 e. The van der Waals surface area contributed by atoms with Gasteiger partial charge in [0.1, 0.15) is 12.3 Å². The molecule has 128 valence electrons. The van der Waals surface area contributed by atoms with Crippen molar-refractivity contribution in [1.29, 1.82) is 0 Å². The molecule has 1 aromatic heterocycles. The molecule has 24 heavy (non-hydrogen) atoms. The van der Waals surface area contributed by atoms with E-state index in [1.165, 1.54) is 16.4 Å². The SMILES string of the molecule is COc1ccc(CCCN(C)C(=O)Cn2cc(C(=O)O)nn2)cc1. The Bertz CT molecular complexity index is 696. The minimum absolute atomic E-state index is 0.0285. The summed E-state index contributed by atoms with van der Waals surface area (Å²) in [5, 5.41) is 15.9. The van der Waals surface area contributed by atoms with E-state index in [4.69, 9.17) is 9.84 Å². The molecular weight excluding hydrogens is 312 g/mol. The number of carbonyl (C=O) groups is 2. The number of carboxylic acid groups (broad SMARTS) is 1. The third kappa shape index (κ3) is 4.80. The van der Waals surface area contributed by atoms with Gasteiger partial charge in [-0.3, -0.25) is 4.79 Å². The molecule has 8 heteroatoms. The Labute approximate surface area is 139 Å². The summed E-state index contributed by atoms with van der Waals surface area (Å²) in [4.78, 5) is 24.4. The lowest BCUT2D eigenvalue weighted by Crippen LogP contribution is -2.31. The van der Waals surface area contributed by atoms with E-state index in [9.17, 15) is 9.59 Å². The smallest absolute Gasteiger partial charge is 0.358 e. The van der Waals surface area contributed by atoms with E-state index in [0.29, 0.717) is 6.54 Å². The molecule has 1 heterocycles. The van der Waals surface area contributed by atoms with Gasteiger partial charge in [0.2, 0.25) is 5.91 Å². The summed E-state index contributed by atoms with van der Waals surface area (Å²) in [5.74, 6) is -0.493. The van der Waals surface area contributed by atoms with Crippen LogP contribution in [-0.4, -0.2) is 57.6 Å². The number of nitrogens with zero attached hydrogens (tertiary/aromatic N) is 4. The first-order valence-corrected chi connectivity index (χ1v) is 7.50. The molecule has 0 atom stereocenters. The van der Waals surface area contributed by atoms with E-state index < -0.39 is 5.97 Å². The van der Waals surface area contributed by atoms with Crippen LogP contribution in [0, 0.1) is 0 Å². The van der Waals surface area contributed by atoms with Crippen LogP contribution >= 0.6 is 0 Å². The van der Waals surface area contributed by atoms with Gasteiger partial charge in [-0.25, -0.2) is 9.48 Å². The molecule has 0 saturated heterocycles. The van der Waals surface area contributed by atoms with E-state index in [2.05, 4.69) is 10.3 Å². The Balaban J connectivity index is 1.77. The number of aryl methyl sites for hydroxylation is 1. The van der Waals surface area contributed by atoms with Crippen LogP contribution < -0.4 is 4.74 Å². The monoisotopic (exact) mass is 332 g/mol. The number of hydrogen-bond acceptors (Lipinski definition) is 5. The predicted octanol–water partition coefficient (Wildman–Crippen LogP) is 1.08. The van der Waals surface area contributed by atoms with Crippen LogP contribution in [0.1, 0.15) is 22.5 Å². The fourth-order valence-corrected chi connectivity index (χ4v) is 2.17. The number of likely N-dealkylation sites (N-methyl/N-ethyl adjacent to an activating group) is 1. The van der Waals surface area contributed by atoms with Crippen molar-refractivity contribution < 1.29 is 19.4 Å². The van der Waals surface area contributed by atoms with Crippen LogP contribution in [0.4, 0.5) is 0 Å². The highest BCUT2D eigenvalue weighted by Crippen LogP contribution is 2.12. The highest BCUT2D eigenvalue weighted by Gasteiger charge is 2.13. The van der Waals surface area contributed by atoms with Gasteiger partial charge in [0.15, 0.2) is 5.69 Å². The van der Waals surface area contributed by atoms with Gasteiger partial charge in [0.05, 0.1) is 13.3 Å². The van der Waals surface area contributed by atoms with Crippen molar-refractivity contribution in [3.05, 3.63) is 41.7 Å². The lowest BCUT2D eigenvalue weighted by Gasteiger charge is -2.16. The van der Waals surface area contributed by atoms with Crippen LogP contribution in [0.5, 0.6) is 5.75 Å². The highest BCUT2D eigenvalue weighted by molar-refractivity contribution is 5.84. The summed E-state index contributed by atoms with van der Waals surface area (Å²) in [5.41, 5.74) is 1.00. The number of amides is 1. The molecule has 0 aliphatic heterocycles. The Morgan fingerprint density at radius 1 is 1.29 bits per heavy atom. The summed E-state index contributed by atoms with van der Waals surface area (Å²) < 4.78 is 6.34. The second-order valence-corrected chi connectivity index (χ2v) is 5.37. The molecule has 0 bridgehead atoms. The number of carbonyl (C=O) groups excluding carboxylic acids is 1. The molecule has 0 spiro atoms. The Morgan fingerprint density at radius 3 is 2.58 bits per heavy atom. The Morgan fingerprint density at radius 2 is 2.00 bits per heavy atom. The van der Waals surface area contributed by atoms with Crippen molar-refractivity contribution in [2.45, 2.75) is 19.4 Å². The molecule has 2 rings (SSSR count).